The molecule has 12 nitrogen and oxygen atoms in total. The molecular weight excluding hydrogens is 626 g/mol. The van der Waals surface area contributed by atoms with Crippen molar-refractivity contribution in [3.05, 3.63) is 53.6 Å². The topological polar surface area (TPSA) is 205 Å². The standard InChI is InChI=1S/C34H47N3O9S/c1-3-4-5-6-27(19-26(40)14-9-23-10-15-30(41)31(18-23)46-2)47-21-29(36-32(42)16-11-24(35)20-38)33(43)37-28(34(44)45)17-22-7-12-25(39)13-8-22/h7-8,10,12-13,15,18,20,24,27-29,39,41H,3-6,9,11,14,16-17,19,21,35H2,1-2H3,(H,36,42)(H,37,43)(H,44,45). The molecule has 0 aliphatic carbocycles. The van der Waals surface area contributed by atoms with Gasteiger partial charge in [0.05, 0.1) is 13.2 Å². The van der Waals surface area contributed by atoms with E-state index < -0.39 is 35.9 Å². The SMILES string of the molecule is CCCCCC(CC(=O)CCc1ccc(O)c(OC)c1)SCC(NC(=O)CCC(N)C=O)C(=O)NC(Cc1ccc(O)cc1)C(=O)O. The Morgan fingerprint density at radius 3 is 2.30 bits per heavy atom. The highest BCUT2D eigenvalue weighted by molar-refractivity contribution is 8.00. The largest absolute Gasteiger partial charge is 0.508 e. The van der Waals surface area contributed by atoms with E-state index in [0.717, 1.165) is 24.8 Å². The maximum atomic E-state index is 13.4. The van der Waals surface area contributed by atoms with Crippen molar-refractivity contribution in [3.63, 3.8) is 0 Å². The van der Waals surface area contributed by atoms with Gasteiger partial charge in [0.1, 0.15) is 29.9 Å². The lowest BCUT2D eigenvalue weighted by Crippen LogP contribution is -2.53. The van der Waals surface area contributed by atoms with Crippen LogP contribution in [0.15, 0.2) is 42.5 Å². The molecule has 0 saturated carbocycles. The summed E-state index contributed by atoms with van der Waals surface area (Å²) in [5.41, 5.74) is 7.04. The zero-order valence-electron chi connectivity index (χ0n) is 27.0. The third kappa shape index (κ3) is 14.9. The molecular formula is C34H47N3O9S. The van der Waals surface area contributed by atoms with Crippen molar-refractivity contribution in [2.24, 2.45) is 5.73 Å². The number of aldehydes is 1. The van der Waals surface area contributed by atoms with Gasteiger partial charge in [-0.05, 0) is 54.7 Å². The average molecular weight is 674 g/mol. The molecule has 13 heteroatoms. The molecule has 4 atom stereocenters. The smallest absolute Gasteiger partial charge is 0.326 e. The van der Waals surface area contributed by atoms with Crippen molar-refractivity contribution in [2.75, 3.05) is 12.9 Å². The normalized spacial score (nSPS) is 13.5. The van der Waals surface area contributed by atoms with Gasteiger partial charge >= 0.3 is 5.97 Å². The second-order valence-corrected chi connectivity index (χ2v) is 12.8. The van der Waals surface area contributed by atoms with Gasteiger partial charge in [0, 0.05) is 36.7 Å². The highest BCUT2D eigenvalue weighted by Crippen LogP contribution is 2.28. The van der Waals surface area contributed by atoms with Crippen molar-refractivity contribution in [1.29, 1.82) is 0 Å². The zero-order valence-corrected chi connectivity index (χ0v) is 27.8. The maximum Gasteiger partial charge on any atom is 0.326 e. The molecule has 2 rings (SSSR count). The van der Waals surface area contributed by atoms with Crippen LogP contribution in [0.3, 0.4) is 0 Å². The van der Waals surface area contributed by atoms with Gasteiger partial charge in [0.25, 0.3) is 0 Å². The molecule has 47 heavy (non-hydrogen) atoms. The predicted octanol–water partition coefficient (Wildman–Crippen LogP) is 3.28. The van der Waals surface area contributed by atoms with Crippen LogP contribution in [-0.2, 0) is 36.8 Å². The number of carbonyl (C=O) groups is 5. The number of aromatic hydroxyl groups is 2. The number of carbonyl (C=O) groups excluding carboxylic acids is 4. The Balaban J connectivity index is 2.14. The van der Waals surface area contributed by atoms with E-state index >= 15 is 0 Å². The molecule has 258 valence electrons. The number of hydrogen-bond acceptors (Lipinski definition) is 10. The highest BCUT2D eigenvalue weighted by atomic mass is 32.2. The molecule has 4 unspecified atom stereocenters. The van der Waals surface area contributed by atoms with Crippen LogP contribution in [0.25, 0.3) is 0 Å². The fourth-order valence-electron chi connectivity index (χ4n) is 4.77. The van der Waals surface area contributed by atoms with Crippen molar-refractivity contribution >= 4 is 41.6 Å². The summed E-state index contributed by atoms with van der Waals surface area (Å²) in [5.74, 6) is -2.01. The summed E-state index contributed by atoms with van der Waals surface area (Å²) >= 11 is 1.37. The number of methoxy groups -OCH3 is 1. The number of aryl methyl sites for hydroxylation is 1. The van der Waals surface area contributed by atoms with E-state index in [0.29, 0.717) is 30.4 Å². The van der Waals surface area contributed by atoms with Gasteiger partial charge < -0.3 is 41.2 Å². The minimum atomic E-state index is -1.31. The van der Waals surface area contributed by atoms with Crippen LogP contribution < -0.4 is 21.1 Å². The molecule has 7 N–H and O–H groups in total. The van der Waals surface area contributed by atoms with Crippen molar-refractivity contribution in [2.45, 2.75) is 94.5 Å². The zero-order chi connectivity index (χ0) is 34.8. The number of benzene rings is 2. The molecule has 0 heterocycles. The van der Waals surface area contributed by atoms with Gasteiger partial charge in [-0.15, -0.1) is 0 Å². The van der Waals surface area contributed by atoms with Gasteiger partial charge in [-0.1, -0.05) is 44.4 Å². The molecule has 0 aliphatic rings. The Morgan fingerprint density at radius 2 is 1.66 bits per heavy atom. The van der Waals surface area contributed by atoms with E-state index in [-0.39, 0.29) is 60.4 Å². The van der Waals surface area contributed by atoms with Gasteiger partial charge in [-0.3, -0.25) is 14.4 Å². The lowest BCUT2D eigenvalue weighted by atomic mass is 10.0. The van der Waals surface area contributed by atoms with Gasteiger partial charge in [0.2, 0.25) is 11.8 Å². The Kier molecular flexibility index (Phi) is 17.4. The number of ether oxygens (including phenoxy) is 1. The lowest BCUT2D eigenvalue weighted by molar-refractivity contribution is -0.142. The number of nitrogens with one attached hydrogen (secondary N) is 2. The molecule has 2 aromatic rings. The Labute approximate surface area is 279 Å². The molecule has 2 aromatic carbocycles. The third-order valence-corrected chi connectivity index (χ3v) is 8.94. The van der Waals surface area contributed by atoms with Crippen LogP contribution in [0, 0.1) is 0 Å². The van der Waals surface area contributed by atoms with Gasteiger partial charge in [-0.2, -0.15) is 11.8 Å². The minimum Gasteiger partial charge on any atom is -0.508 e. The summed E-state index contributed by atoms with van der Waals surface area (Å²) < 4.78 is 5.15. The number of carboxylic acid groups (broad SMARTS) is 1. The number of nitrogens with two attached hydrogens (primary N) is 1. The third-order valence-electron chi connectivity index (χ3n) is 7.54. The van der Waals surface area contributed by atoms with Crippen LogP contribution >= 0.6 is 11.8 Å². The molecule has 0 bridgehead atoms. The molecule has 0 radical (unpaired) electrons. The first-order chi connectivity index (χ1) is 22.4. The Bertz CT molecular complexity index is 1320. The number of rotatable bonds is 23. The number of unbranched alkanes of at least 4 members (excludes halogenated alkanes) is 2. The minimum absolute atomic E-state index is 0.0160. The van der Waals surface area contributed by atoms with Crippen molar-refractivity contribution < 1.29 is 44.0 Å². The van der Waals surface area contributed by atoms with E-state index in [1.165, 1.54) is 37.1 Å². The summed E-state index contributed by atoms with van der Waals surface area (Å²) in [6, 6.07) is 7.64. The summed E-state index contributed by atoms with van der Waals surface area (Å²) in [4.78, 5) is 62.2. The van der Waals surface area contributed by atoms with Crippen LogP contribution in [0.2, 0.25) is 0 Å². The predicted molar refractivity (Wildman–Crippen MR) is 180 cm³/mol. The first-order valence-electron chi connectivity index (χ1n) is 15.8. The second-order valence-electron chi connectivity index (χ2n) is 11.4. The van der Waals surface area contributed by atoms with E-state index in [4.69, 9.17) is 10.5 Å². The molecule has 0 saturated heterocycles. The first-order valence-corrected chi connectivity index (χ1v) is 16.8. The lowest BCUT2D eigenvalue weighted by Gasteiger charge is -2.24. The van der Waals surface area contributed by atoms with E-state index in [9.17, 15) is 39.3 Å². The number of phenols is 2. The average Bonchev–Trinajstić information content (AvgIpc) is 3.05. The fraction of sp³-hybridized carbons (Fsp3) is 0.500. The summed E-state index contributed by atoms with van der Waals surface area (Å²) in [6.07, 6.45) is 4.97. The molecule has 0 aromatic heterocycles. The number of aliphatic carboxylic acids is 1. The molecule has 0 spiro atoms. The fourth-order valence-corrected chi connectivity index (χ4v) is 6.11. The number of phenolic OH excluding ortho intramolecular Hbond substituents is 2. The van der Waals surface area contributed by atoms with Crippen molar-refractivity contribution in [3.8, 4) is 17.2 Å². The number of ketones is 1. The van der Waals surface area contributed by atoms with Crippen LogP contribution in [0.4, 0.5) is 0 Å². The number of Topliss-reactive ketones (excluding diaryl/α,β-unsaturated/α-hetero) is 1. The quantitative estimate of drug-likeness (QED) is 0.0746. The van der Waals surface area contributed by atoms with Crippen LogP contribution in [-0.4, -0.2) is 81.4 Å². The first kappa shape index (κ1) is 39.1. The highest BCUT2D eigenvalue weighted by Gasteiger charge is 2.28. The number of hydrogen-bond donors (Lipinski definition) is 6. The summed E-state index contributed by atoms with van der Waals surface area (Å²) in [5, 5.41) is 34.3. The van der Waals surface area contributed by atoms with Crippen LogP contribution in [0.1, 0.15) is 69.4 Å². The van der Waals surface area contributed by atoms with E-state index in [2.05, 4.69) is 17.6 Å². The maximum absolute atomic E-state index is 13.4. The molecule has 0 aliphatic heterocycles. The van der Waals surface area contributed by atoms with E-state index in [1.807, 2.05) is 0 Å². The summed E-state index contributed by atoms with van der Waals surface area (Å²) in [6.45, 7) is 2.07. The monoisotopic (exact) mass is 673 g/mol. The number of thioether (sulfide) groups is 1. The van der Waals surface area contributed by atoms with Crippen molar-refractivity contribution in [1.82, 2.24) is 10.6 Å². The number of amides is 2. The van der Waals surface area contributed by atoms with E-state index in [1.54, 1.807) is 24.3 Å². The summed E-state index contributed by atoms with van der Waals surface area (Å²) in [7, 11) is 1.45. The van der Waals surface area contributed by atoms with Gasteiger partial charge in [-0.25, -0.2) is 4.79 Å². The Hall–Kier alpha value is -4.10. The molecule has 0 fully saturated rings. The Morgan fingerprint density at radius 1 is 0.957 bits per heavy atom. The molecule has 2 amide bonds. The second kappa shape index (κ2) is 20.9. The number of carboxylic acids is 1. The van der Waals surface area contributed by atoms with Gasteiger partial charge in [0.15, 0.2) is 11.5 Å². The van der Waals surface area contributed by atoms with Crippen LogP contribution in [0.5, 0.6) is 17.2 Å².